The Bertz CT molecular complexity index is 876. The summed E-state index contributed by atoms with van der Waals surface area (Å²) in [7, 11) is 1.73. The molecule has 0 atom stereocenters. The van der Waals surface area contributed by atoms with E-state index in [1.165, 1.54) is 24.3 Å². The molecule has 2 aromatic heterocycles. The predicted octanol–water partition coefficient (Wildman–Crippen LogP) is 3.57. The van der Waals surface area contributed by atoms with E-state index in [9.17, 15) is 0 Å². The SMILES string of the molecule is CCc1ccnc(OC/C(=C(/N)c2ccc(OC3CCCCC3)c(C)n2)N(C)N)c1. The average Bonchev–Trinajstić information content (AvgIpc) is 2.76. The van der Waals surface area contributed by atoms with Crippen molar-refractivity contribution in [2.45, 2.75) is 58.5 Å². The van der Waals surface area contributed by atoms with Crippen LogP contribution in [0.15, 0.2) is 36.2 Å². The van der Waals surface area contributed by atoms with Crippen LogP contribution in [0.2, 0.25) is 0 Å². The highest BCUT2D eigenvalue weighted by Gasteiger charge is 2.17. The molecule has 0 aromatic carbocycles. The van der Waals surface area contributed by atoms with Crippen LogP contribution in [0.5, 0.6) is 11.6 Å². The van der Waals surface area contributed by atoms with Gasteiger partial charge in [-0.25, -0.2) is 15.8 Å². The third-order valence-electron chi connectivity index (χ3n) is 5.46. The molecule has 1 fully saturated rings. The standard InChI is InChI=1S/C23H33N5O2/c1-4-17-12-13-26-22(14-17)29-15-20(28(3)25)23(24)19-10-11-21(16(2)27-19)30-18-8-6-5-7-9-18/h10-14,18H,4-9,15,24-25H2,1-3H3/b23-20-. The van der Waals surface area contributed by atoms with Crippen molar-refractivity contribution < 1.29 is 9.47 Å². The second-order valence-electron chi connectivity index (χ2n) is 7.77. The van der Waals surface area contributed by atoms with E-state index in [1.807, 2.05) is 31.2 Å². The van der Waals surface area contributed by atoms with Crippen molar-refractivity contribution in [1.82, 2.24) is 15.0 Å². The minimum absolute atomic E-state index is 0.194. The van der Waals surface area contributed by atoms with Crippen LogP contribution in [0.1, 0.15) is 56.0 Å². The zero-order chi connectivity index (χ0) is 21.5. The van der Waals surface area contributed by atoms with E-state index >= 15 is 0 Å². The summed E-state index contributed by atoms with van der Waals surface area (Å²) in [5, 5.41) is 1.46. The first kappa shape index (κ1) is 21.9. The molecule has 7 nitrogen and oxygen atoms in total. The van der Waals surface area contributed by atoms with Gasteiger partial charge in [0.25, 0.3) is 0 Å². The topological polar surface area (TPSA) is 99.5 Å². The van der Waals surface area contributed by atoms with Gasteiger partial charge in [-0.3, -0.25) is 0 Å². The molecule has 0 radical (unpaired) electrons. The normalized spacial score (nSPS) is 15.5. The van der Waals surface area contributed by atoms with Crippen LogP contribution in [0.3, 0.4) is 0 Å². The van der Waals surface area contributed by atoms with Crippen LogP contribution in [0.4, 0.5) is 0 Å². The van der Waals surface area contributed by atoms with Crippen LogP contribution < -0.4 is 21.1 Å². The Kier molecular flexibility index (Phi) is 7.52. The van der Waals surface area contributed by atoms with E-state index in [0.29, 0.717) is 23.0 Å². The van der Waals surface area contributed by atoms with Gasteiger partial charge in [-0.2, -0.15) is 0 Å². The van der Waals surface area contributed by atoms with Gasteiger partial charge >= 0.3 is 0 Å². The molecular formula is C23H33N5O2. The lowest BCUT2D eigenvalue weighted by Crippen LogP contribution is -2.31. The number of nitrogens with zero attached hydrogens (tertiary/aromatic N) is 3. The summed E-state index contributed by atoms with van der Waals surface area (Å²) >= 11 is 0. The summed E-state index contributed by atoms with van der Waals surface area (Å²) in [4.78, 5) is 8.92. The number of rotatable bonds is 8. The lowest BCUT2D eigenvalue weighted by Gasteiger charge is -2.24. The maximum absolute atomic E-state index is 6.42. The minimum atomic E-state index is 0.194. The number of likely N-dealkylation sites (N-methyl/N-ethyl adjacent to an activating group) is 1. The number of ether oxygens (including phenoxy) is 2. The first-order chi connectivity index (χ1) is 14.5. The van der Waals surface area contributed by atoms with Crippen molar-refractivity contribution in [2.24, 2.45) is 11.6 Å². The number of aromatic nitrogens is 2. The fraction of sp³-hybridized carbons (Fsp3) is 0.478. The van der Waals surface area contributed by atoms with Crippen LogP contribution in [0.25, 0.3) is 5.70 Å². The molecular weight excluding hydrogens is 378 g/mol. The van der Waals surface area contributed by atoms with Crippen molar-refractivity contribution in [3.8, 4) is 11.6 Å². The van der Waals surface area contributed by atoms with E-state index in [-0.39, 0.29) is 12.7 Å². The number of hydrogen-bond donors (Lipinski definition) is 2. The molecule has 4 N–H and O–H groups in total. The van der Waals surface area contributed by atoms with Gasteiger partial charge in [-0.15, -0.1) is 0 Å². The van der Waals surface area contributed by atoms with Gasteiger partial charge in [0.2, 0.25) is 5.88 Å². The molecule has 3 rings (SSSR count). The highest BCUT2D eigenvalue weighted by molar-refractivity contribution is 5.63. The van der Waals surface area contributed by atoms with Gasteiger partial charge in [0.1, 0.15) is 12.4 Å². The largest absolute Gasteiger partial charge is 0.489 e. The van der Waals surface area contributed by atoms with Crippen molar-refractivity contribution in [3.63, 3.8) is 0 Å². The summed E-state index contributed by atoms with van der Waals surface area (Å²) in [6.07, 6.45) is 8.91. The van der Waals surface area contributed by atoms with E-state index in [1.54, 1.807) is 13.2 Å². The monoisotopic (exact) mass is 411 g/mol. The summed E-state index contributed by atoms with van der Waals surface area (Å²) in [5.41, 5.74) is 10.1. The van der Waals surface area contributed by atoms with E-state index in [4.69, 9.17) is 21.1 Å². The molecule has 30 heavy (non-hydrogen) atoms. The second kappa shape index (κ2) is 10.3. The number of pyridine rings is 2. The first-order valence-corrected chi connectivity index (χ1v) is 10.7. The van der Waals surface area contributed by atoms with Gasteiger partial charge in [0, 0.05) is 19.3 Å². The molecule has 0 spiro atoms. The summed E-state index contributed by atoms with van der Waals surface area (Å²) < 4.78 is 12.0. The number of aryl methyl sites for hydroxylation is 2. The smallest absolute Gasteiger partial charge is 0.213 e. The third-order valence-corrected chi connectivity index (χ3v) is 5.46. The molecule has 0 amide bonds. The Labute approximate surface area is 179 Å². The maximum atomic E-state index is 6.42. The number of hydrogen-bond acceptors (Lipinski definition) is 7. The number of nitrogens with two attached hydrogens (primary N) is 2. The molecule has 0 aliphatic heterocycles. The Morgan fingerprint density at radius 3 is 2.63 bits per heavy atom. The van der Waals surface area contributed by atoms with Gasteiger partial charge in [-0.1, -0.05) is 13.3 Å². The summed E-state index contributed by atoms with van der Waals surface area (Å²) in [6, 6.07) is 7.71. The van der Waals surface area contributed by atoms with Gasteiger partial charge in [0.15, 0.2) is 0 Å². The van der Waals surface area contributed by atoms with E-state index in [2.05, 4.69) is 16.9 Å². The molecule has 0 saturated heterocycles. The van der Waals surface area contributed by atoms with E-state index in [0.717, 1.165) is 36.3 Å². The van der Waals surface area contributed by atoms with Gasteiger partial charge in [0.05, 0.1) is 28.9 Å². The van der Waals surface area contributed by atoms with Gasteiger partial charge in [-0.05, 0) is 62.8 Å². The Hall–Kier alpha value is -2.80. The predicted molar refractivity (Wildman–Crippen MR) is 119 cm³/mol. The Balaban J connectivity index is 1.75. The average molecular weight is 412 g/mol. The maximum Gasteiger partial charge on any atom is 0.213 e. The molecule has 0 unspecified atom stereocenters. The third kappa shape index (κ3) is 5.63. The molecule has 0 bridgehead atoms. The van der Waals surface area contributed by atoms with E-state index < -0.39 is 0 Å². The quantitative estimate of drug-likeness (QED) is 0.506. The summed E-state index contributed by atoms with van der Waals surface area (Å²) in [5.74, 6) is 7.39. The first-order valence-electron chi connectivity index (χ1n) is 10.7. The highest BCUT2D eigenvalue weighted by atomic mass is 16.5. The minimum Gasteiger partial charge on any atom is -0.489 e. The molecule has 7 heteroatoms. The van der Waals surface area contributed by atoms with Crippen LogP contribution in [0, 0.1) is 6.92 Å². The molecule has 2 heterocycles. The zero-order valence-electron chi connectivity index (χ0n) is 18.2. The van der Waals surface area contributed by atoms with Crippen molar-refractivity contribution in [2.75, 3.05) is 13.7 Å². The van der Waals surface area contributed by atoms with Crippen LogP contribution >= 0.6 is 0 Å². The van der Waals surface area contributed by atoms with Crippen molar-refractivity contribution >= 4 is 5.70 Å². The zero-order valence-corrected chi connectivity index (χ0v) is 18.2. The lowest BCUT2D eigenvalue weighted by molar-refractivity contribution is 0.153. The van der Waals surface area contributed by atoms with Gasteiger partial charge < -0.3 is 20.2 Å². The Morgan fingerprint density at radius 1 is 1.20 bits per heavy atom. The lowest BCUT2D eigenvalue weighted by atomic mass is 9.98. The molecule has 1 aliphatic rings. The highest BCUT2D eigenvalue weighted by Crippen LogP contribution is 2.26. The van der Waals surface area contributed by atoms with Crippen LogP contribution in [-0.2, 0) is 6.42 Å². The van der Waals surface area contributed by atoms with Crippen LogP contribution in [-0.4, -0.2) is 34.7 Å². The number of hydrazine groups is 1. The molecule has 162 valence electrons. The molecule has 1 aliphatic carbocycles. The molecule has 1 saturated carbocycles. The van der Waals surface area contributed by atoms with Crippen molar-refractivity contribution in [3.05, 3.63) is 53.1 Å². The molecule has 2 aromatic rings. The van der Waals surface area contributed by atoms with Crippen molar-refractivity contribution in [1.29, 1.82) is 0 Å². The Morgan fingerprint density at radius 2 is 1.97 bits per heavy atom. The second-order valence-corrected chi connectivity index (χ2v) is 7.77. The fourth-order valence-electron chi connectivity index (χ4n) is 3.59. The summed E-state index contributed by atoms with van der Waals surface area (Å²) in [6.45, 7) is 4.23. The fourth-order valence-corrected chi connectivity index (χ4v) is 3.59.